The molecular formula is C14H8BrClFNO. The molecule has 0 fully saturated rings. The number of hydrogen-bond donors (Lipinski definition) is 0. The van der Waals surface area contributed by atoms with E-state index in [1.165, 1.54) is 12.1 Å². The van der Waals surface area contributed by atoms with Crippen molar-refractivity contribution in [2.75, 3.05) is 0 Å². The first-order valence-electron chi connectivity index (χ1n) is 5.36. The summed E-state index contributed by atoms with van der Waals surface area (Å²) in [6.07, 6.45) is 0. The zero-order valence-corrected chi connectivity index (χ0v) is 12.0. The molecule has 0 aliphatic rings. The molecule has 5 heteroatoms. The van der Waals surface area contributed by atoms with Gasteiger partial charge in [-0.05, 0) is 29.8 Å². The Kier molecular flexibility index (Phi) is 4.41. The Morgan fingerprint density at radius 2 is 2.05 bits per heavy atom. The number of benzene rings is 2. The van der Waals surface area contributed by atoms with E-state index in [0.717, 1.165) is 5.56 Å². The van der Waals surface area contributed by atoms with Gasteiger partial charge in [-0.25, -0.2) is 4.39 Å². The minimum atomic E-state index is -0.560. The van der Waals surface area contributed by atoms with E-state index in [1.807, 2.05) is 6.07 Å². The molecule has 2 aromatic carbocycles. The predicted octanol–water partition coefficient (Wildman–Crippen LogP) is 5.04. The highest BCUT2D eigenvalue weighted by Crippen LogP contribution is 2.28. The molecule has 2 rings (SSSR count). The monoisotopic (exact) mass is 339 g/mol. The van der Waals surface area contributed by atoms with Crippen molar-refractivity contribution in [3.05, 3.63) is 58.4 Å². The maximum absolute atomic E-state index is 13.3. The average Bonchev–Trinajstić information content (AvgIpc) is 2.43. The number of halogens is 3. The molecule has 19 heavy (non-hydrogen) atoms. The van der Waals surface area contributed by atoms with Gasteiger partial charge in [-0.3, -0.25) is 0 Å². The molecule has 0 unspecified atom stereocenters. The van der Waals surface area contributed by atoms with Gasteiger partial charge in [0.25, 0.3) is 0 Å². The van der Waals surface area contributed by atoms with E-state index in [2.05, 4.69) is 22.0 Å². The van der Waals surface area contributed by atoms with Crippen molar-refractivity contribution < 1.29 is 9.13 Å². The van der Waals surface area contributed by atoms with E-state index in [-0.39, 0.29) is 5.02 Å². The highest BCUT2D eigenvalue weighted by molar-refractivity contribution is 9.08. The second-order valence-electron chi connectivity index (χ2n) is 3.75. The Labute approximate surface area is 123 Å². The number of rotatable bonds is 3. The standard InChI is InChI=1S/C14H8BrClFNO/c15-7-9-1-4-14(10(5-9)8-18)19-11-2-3-12(16)13(17)6-11/h1-6H,7H2. The minimum Gasteiger partial charge on any atom is -0.456 e. The lowest BCUT2D eigenvalue weighted by molar-refractivity contribution is 0.475. The van der Waals surface area contributed by atoms with Crippen molar-refractivity contribution in [3.63, 3.8) is 0 Å². The van der Waals surface area contributed by atoms with Crippen molar-refractivity contribution in [3.8, 4) is 17.6 Å². The molecule has 0 heterocycles. The molecule has 2 aromatic rings. The van der Waals surface area contributed by atoms with Crippen LogP contribution < -0.4 is 4.74 Å². The summed E-state index contributed by atoms with van der Waals surface area (Å²) in [6.45, 7) is 0. The summed E-state index contributed by atoms with van der Waals surface area (Å²) in [5, 5.41) is 9.76. The van der Waals surface area contributed by atoms with Gasteiger partial charge in [0.1, 0.15) is 23.4 Å². The van der Waals surface area contributed by atoms with E-state index in [9.17, 15) is 4.39 Å². The van der Waals surface area contributed by atoms with E-state index < -0.39 is 5.82 Å². The third-order valence-corrected chi connectivity index (χ3v) is 3.39. The maximum Gasteiger partial charge on any atom is 0.145 e. The Morgan fingerprint density at radius 3 is 2.68 bits per heavy atom. The Morgan fingerprint density at radius 1 is 1.26 bits per heavy atom. The van der Waals surface area contributed by atoms with Crippen LogP contribution in [0, 0.1) is 17.1 Å². The first kappa shape index (κ1) is 13.9. The third kappa shape index (κ3) is 3.25. The fourth-order valence-corrected chi connectivity index (χ4v) is 1.97. The zero-order chi connectivity index (χ0) is 13.8. The SMILES string of the molecule is N#Cc1cc(CBr)ccc1Oc1ccc(Cl)c(F)c1. The Bertz CT molecular complexity index is 654. The van der Waals surface area contributed by atoms with Gasteiger partial charge in [0.2, 0.25) is 0 Å². The molecule has 0 saturated carbocycles. The van der Waals surface area contributed by atoms with Crippen molar-refractivity contribution in [1.29, 1.82) is 5.26 Å². The zero-order valence-electron chi connectivity index (χ0n) is 9.66. The molecule has 0 radical (unpaired) electrons. The van der Waals surface area contributed by atoms with Crippen LogP contribution in [0.3, 0.4) is 0 Å². The lowest BCUT2D eigenvalue weighted by Crippen LogP contribution is -1.91. The van der Waals surface area contributed by atoms with Crippen molar-refractivity contribution in [1.82, 2.24) is 0 Å². The van der Waals surface area contributed by atoms with Gasteiger partial charge < -0.3 is 4.74 Å². The molecule has 0 amide bonds. The number of nitriles is 1. The molecule has 0 aliphatic heterocycles. The topological polar surface area (TPSA) is 33.0 Å². The van der Waals surface area contributed by atoms with Crippen LogP contribution in [0.25, 0.3) is 0 Å². The number of nitrogens with zero attached hydrogens (tertiary/aromatic N) is 1. The fraction of sp³-hybridized carbons (Fsp3) is 0.0714. The van der Waals surface area contributed by atoms with E-state index >= 15 is 0 Å². The second kappa shape index (κ2) is 6.05. The van der Waals surface area contributed by atoms with Crippen LogP contribution in [0.5, 0.6) is 11.5 Å². The fourth-order valence-electron chi connectivity index (χ4n) is 1.50. The molecule has 0 spiro atoms. The summed E-state index contributed by atoms with van der Waals surface area (Å²) in [4.78, 5) is 0. The summed E-state index contributed by atoms with van der Waals surface area (Å²) >= 11 is 8.91. The second-order valence-corrected chi connectivity index (χ2v) is 4.72. The third-order valence-electron chi connectivity index (χ3n) is 2.44. The Balaban J connectivity index is 2.33. The van der Waals surface area contributed by atoms with Gasteiger partial charge >= 0.3 is 0 Å². The smallest absolute Gasteiger partial charge is 0.145 e. The largest absolute Gasteiger partial charge is 0.456 e. The summed E-state index contributed by atoms with van der Waals surface area (Å²) < 4.78 is 18.8. The maximum atomic E-state index is 13.3. The molecule has 0 saturated heterocycles. The van der Waals surface area contributed by atoms with Gasteiger partial charge in [0.15, 0.2) is 0 Å². The lowest BCUT2D eigenvalue weighted by Gasteiger charge is -2.08. The molecule has 0 aromatic heterocycles. The van der Waals surface area contributed by atoms with Gasteiger partial charge in [0, 0.05) is 11.4 Å². The molecule has 96 valence electrons. The molecule has 0 N–H and O–H groups in total. The number of ether oxygens (including phenoxy) is 1. The van der Waals surface area contributed by atoms with Crippen molar-refractivity contribution in [2.24, 2.45) is 0 Å². The van der Waals surface area contributed by atoms with Crippen molar-refractivity contribution >= 4 is 27.5 Å². The van der Waals surface area contributed by atoms with Crippen LogP contribution >= 0.6 is 27.5 Å². The summed E-state index contributed by atoms with van der Waals surface area (Å²) in [7, 11) is 0. The quantitative estimate of drug-likeness (QED) is 0.733. The van der Waals surface area contributed by atoms with Crippen LogP contribution in [-0.2, 0) is 5.33 Å². The van der Waals surface area contributed by atoms with Crippen LogP contribution in [0.2, 0.25) is 5.02 Å². The molecular weight excluding hydrogens is 333 g/mol. The average molecular weight is 341 g/mol. The normalized spacial score (nSPS) is 10.0. The van der Waals surface area contributed by atoms with E-state index in [1.54, 1.807) is 18.2 Å². The first-order chi connectivity index (χ1) is 9.13. The van der Waals surface area contributed by atoms with Crippen LogP contribution in [0.4, 0.5) is 4.39 Å². The Hall–Kier alpha value is -1.57. The van der Waals surface area contributed by atoms with Gasteiger partial charge in [-0.15, -0.1) is 0 Å². The summed E-state index contributed by atoms with van der Waals surface area (Å²) in [5.74, 6) is 0.119. The number of alkyl halides is 1. The summed E-state index contributed by atoms with van der Waals surface area (Å²) in [5.41, 5.74) is 1.36. The van der Waals surface area contributed by atoms with Crippen LogP contribution in [-0.4, -0.2) is 0 Å². The molecule has 0 aliphatic carbocycles. The van der Waals surface area contributed by atoms with E-state index in [4.69, 9.17) is 21.6 Å². The van der Waals surface area contributed by atoms with Gasteiger partial charge in [-0.2, -0.15) is 5.26 Å². The predicted molar refractivity (Wildman–Crippen MR) is 75.3 cm³/mol. The minimum absolute atomic E-state index is 0.0301. The molecule has 2 nitrogen and oxygen atoms in total. The highest BCUT2D eigenvalue weighted by atomic mass is 79.9. The van der Waals surface area contributed by atoms with Gasteiger partial charge in [0.05, 0.1) is 10.6 Å². The molecule has 0 bridgehead atoms. The van der Waals surface area contributed by atoms with Gasteiger partial charge in [-0.1, -0.05) is 33.6 Å². The number of hydrogen-bond acceptors (Lipinski definition) is 2. The van der Waals surface area contributed by atoms with Crippen molar-refractivity contribution in [2.45, 2.75) is 5.33 Å². The van der Waals surface area contributed by atoms with Crippen LogP contribution in [0.15, 0.2) is 36.4 Å². The van der Waals surface area contributed by atoms with Crippen LogP contribution in [0.1, 0.15) is 11.1 Å². The first-order valence-corrected chi connectivity index (χ1v) is 6.86. The summed E-state index contributed by atoms with van der Waals surface area (Å²) in [6, 6.07) is 11.4. The molecule has 0 atom stereocenters. The van der Waals surface area contributed by atoms with E-state index in [0.29, 0.717) is 22.4 Å². The lowest BCUT2D eigenvalue weighted by atomic mass is 10.1. The highest BCUT2D eigenvalue weighted by Gasteiger charge is 2.08.